The fourth-order valence-electron chi connectivity index (χ4n) is 2.41. The van der Waals surface area contributed by atoms with Crippen LogP contribution >= 0.6 is 0 Å². The Morgan fingerprint density at radius 3 is 2.59 bits per heavy atom. The Bertz CT molecular complexity index is 482. The Morgan fingerprint density at radius 2 is 2.00 bits per heavy atom. The molecule has 1 fully saturated rings. The first kappa shape index (κ1) is 17.0. The predicted octanol–water partition coefficient (Wildman–Crippen LogP) is 2.28. The lowest BCUT2D eigenvalue weighted by Crippen LogP contribution is -2.37. The highest BCUT2D eigenvalue weighted by molar-refractivity contribution is 5.26. The van der Waals surface area contributed by atoms with E-state index in [1.54, 1.807) is 13.2 Å². The minimum Gasteiger partial charge on any atom is -0.497 e. The summed E-state index contributed by atoms with van der Waals surface area (Å²) in [6.45, 7) is 7.92. The number of hydrogen-bond acceptors (Lipinski definition) is 5. The standard InChI is InChI=1S/C17H24O5/c1-5-15-16(22-17(2,3)21-15)14(18)11-20-10-12-6-8-13(19-4)9-7-12/h5-9,14-16,18H,1,10-11H2,2-4H3/t14-,15+,16-/m1/s1. The molecule has 0 unspecified atom stereocenters. The number of aliphatic hydroxyl groups is 1. The molecule has 1 aromatic carbocycles. The number of ether oxygens (including phenoxy) is 4. The fraction of sp³-hybridized carbons (Fsp3) is 0.529. The predicted molar refractivity (Wildman–Crippen MR) is 82.7 cm³/mol. The van der Waals surface area contributed by atoms with Gasteiger partial charge in [0, 0.05) is 0 Å². The summed E-state index contributed by atoms with van der Waals surface area (Å²) in [5, 5.41) is 10.2. The SMILES string of the molecule is C=C[C@@H]1OC(C)(C)O[C@@H]1[C@H](O)COCc1ccc(OC)cc1. The average Bonchev–Trinajstić information content (AvgIpc) is 2.83. The molecule has 122 valence electrons. The molecule has 1 saturated heterocycles. The van der Waals surface area contributed by atoms with Crippen LogP contribution in [0.5, 0.6) is 5.75 Å². The van der Waals surface area contributed by atoms with Gasteiger partial charge in [-0.25, -0.2) is 0 Å². The van der Waals surface area contributed by atoms with E-state index in [2.05, 4.69) is 6.58 Å². The van der Waals surface area contributed by atoms with Crippen LogP contribution in [0.2, 0.25) is 0 Å². The highest BCUT2D eigenvalue weighted by atomic mass is 16.8. The summed E-state index contributed by atoms with van der Waals surface area (Å²) in [4.78, 5) is 0. The molecule has 1 heterocycles. The number of hydrogen-bond donors (Lipinski definition) is 1. The first-order valence-electron chi connectivity index (χ1n) is 7.32. The normalized spacial score (nSPS) is 24.9. The van der Waals surface area contributed by atoms with E-state index in [0.717, 1.165) is 11.3 Å². The van der Waals surface area contributed by atoms with E-state index < -0.39 is 18.0 Å². The topological polar surface area (TPSA) is 57.2 Å². The van der Waals surface area contributed by atoms with Crippen molar-refractivity contribution in [3.63, 3.8) is 0 Å². The summed E-state index contributed by atoms with van der Waals surface area (Å²) in [5.41, 5.74) is 1.01. The number of aliphatic hydroxyl groups excluding tert-OH is 1. The van der Waals surface area contributed by atoms with Gasteiger partial charge in [-0.2, -0.15) is 0 Å². The van der Waals surface area contributed by atoms with Gasteiger partial charge in [0.25, 0.3) is 0 Å². The second kappa shape index (κ2) is 7.24. The largest absolute Gasteiger partial charge is 0.497 e. The molecule has 1 N–H and O–H groups in total. The van der Waals surface area contributed by atoms with Gasteiger partial charge in [0.2, 0.25) is 0 Å². The molecular weight excluding hydrogens is 284 g/mol. The molecule has 5 nitrogen and oxygen atoms in total. The van der Waals surface area contributed by atoms with Crippen molar-refractivity contribution in [1.82, 2.24) is 0 Å². The van der Waals surface area contributed by atoms with E-state index in [4.69, 9.17) is 18.9 Å². The number of methoxy groups -OCH3 is 1. The zero-order valence-electron chi connectivity index (χ0n) is 13.3. The highest BCUT2D eigenvalue weighted by Crippen LogP contribution is 2.30. The summed E-state index contributed by atoms with van der Waals surface area (Å²) in [5.74, 6) is 0.0804. The lowest BCUT2D eigenvalue weighted by Gasteiger charge is -2.21. The second-order valence-electron chi connectivity index (χ2n) is 5.73. The Hall–Kier alpha value is -1.40. The van der Waals surface area contributed by atoms with Crippen LogP contribution in [-0.4, -0.2) is 42.9 Å². The summed E-state index contributed by atoms with van der Waals surface area (Å²) in [6.07, 6.45) is 0.0625. The van der Waals surface area contributed by atoms with E-state index in [1.807, 2.05) is 38.1 Å². The van der Waals surface area contributed by atoms with Crippen molar-refractivity contribution >= 4 is 0 Å². The molecule has 22 heavy (non-hydrogen) atoms. The van der Waals surface area contributed by atoms with Gasteiger partial charge in [0.1, 0.15) is 24.1 Å². The van der Waals surface area contributed by atoms with Gasteiger partial charge in [-0.05, 0) is 31.5 Å². The van der Waals surface area contributed by atoms with Crippen molar-refractivity contribution in [3.05, 3.63) is 42.5 Å². The van der Waals surface area contributed by atoms with E-state index in [1.165, 1.54) is 0 Å². The molecule has 3 atom stereocenters. The van der Waals surface area contributed by atoms with Crippen LogP contribution in [0.4, 0.5) is 0 Å². The van der Waals surface area contributed by atoms with Crippen molar-refractivity contribution in [1.29, 1.82) is 0 Å². The first-order chi connectivity index (χ1) is 10.4. The third kappa shape index (κ3) is 4.30. The first-order valence-corrected chi connectivity index (χ1v) is 7.32. The van der Waals surface area contributed by atoms with Crippen molar-refractivity contribution in [2.45, 2.75) is 44.6 Å². The molecule has 0 saturated carbocycles. The van der Waals surface area contributed by atoms with Crippen LogP contribution in [0.25, 0.3) is 0 Å². The Morgan fingerprint density at radius 1 is 1.32 bits per heavy atom. The molecule has 0 aliphatic carbocycles. The quantitative estimate of drug-likeness (QED) is 0.783. The molecule has 5 heteroatoms. The fourth-order valence-corrected chi connectivity index (χ4v) is 2.41. The van der Waals surface area contributed by atoms with Crippen LogP contribution in [0, 0.1) is 0 Å². The maximum atomic E-state index is 10.2. The van der Waals surface area contributed by atoms with E-state index in [9.17, 15) is 5.11 Å². The number of benzene rings is 1. The summed E-state index contributed by atoms with van der Waals surface area (Å²) in [7, 11) is 1.63. The number of rotatable bonds is 7. The Kier molecular flexibility index (Phi) is 5.58. The van der Waals surface area contributed by atoms with E-state index >= 15 is 0 Å². The van der Waals surface area contributed by atoms with Crippen molar-refractivity contribution in [2.24, 2.45) is 0 Å². The lowest BCUT2D eigenvalue weighted by molar-refractivity contribution is -0.157. The lowest BCUT2D eigenvalue weighted by atomic mass is 10.1. The van der Waals surface area contributed by atoms with Crippen LogP contribution < -0.4 is 4.74 Å². The minimum absolute atomic E-state index is 0.167. The maximum Gasteiger partial charge on any atom is 0.164 e. The minimum atomic E-state index is -0.775. The third-order valence-electron chi connectivity index (χ3n) is 3.49. The second-order valence-corrected chi connectivity index (χ2v) is 5.73. The van der Waals surface area contributed by atoms with E-state index in [0.29, 0.717) is 6.61 Å². The van der Waals surface area contributed by atoms with Gasteiger partial charge in [0.05, 0.1) is 20.3 Å². The van der Waals surface area contributed by atoms with Crippen molar-refractivity contribution < 1.29 is 24.1 Å². The van der Waals surface area contributed by atoms with Gasteiger partial charge in [-0.1, -0.05) is 18.2 Å². The molecule has 0 amide bonds. The monoisotopic (exact) mass is 308 g/mol. The maximum absolute atomic E-state index is 10.2. The molecule has 1 aromatic rings. The molecule has 0 bridgehead atoms. The van der Waals surface area contributed by atoms with Crippen LogP contribution in [0.15, 0.2) is 36.9 Å². The van der Waals surface area contributed by atoms with Crippen LogP contribution in [-0.2, 0) is 20.8 Å². The van der Waals surface area contributed by atoms with E-state index in [-0.39, 0.29) is 12.7 Å². The van der Waals surface area contributed by atoms with Crippen molar-refractivity contribution in [3.8, 4) is 5.75 Å². The molecule has 0 aromatic heterocycles. The van der Waals surface area contributed by atoms with Gasteiger partial charge in [0.15, 0.2) is 5.79 Å². The molecule has 0 radical (unpaired) electrons. The van der Waals surface area contributed by atoms with Crippen LogP contribution in [0.3, 0.4) is 0 Å². The van der Waals surface area contributed by atoms with Gasteiger partial charge in [-0.3, -0.25) is 0 Å². The molecular formula is C17H24O5. The summed E-state index contributed by atoms with van der Waals surface area (Å²) >= 11 is 0. The summed E-state index contributed by atoms with van der Waals surface area (Å²) in [6, 6.07) is 7.60. The van der Waals surface area contributed by atoms with Gasteiger partial charge >= 0.3 is 0 Å². The zero-order chi connectivity index (χ0) is 16.2. The highest BCUT2D eigenvalue weighted by Gasteiger charge is 2.43. The van der Waals surface area contributed by atoms with Gasteiger partial charge in [-0.15, -0.1) is 6.58 Å². The molecule has 2 rings (SSSR count). The Labute approximate surface area is 131 Å². The smallest absolute Gasteiger partial charge is 0.164 e. The average molecular weight is 308 g/mol. The van der Waals surface area contributed by atoms with Crippen molar-refractivity contribution in [2.75, 3.05) is 13.7 Å². The molecule has 1 aliphatic rings. The summed E-state index contributed by atoms with van der Waals surface area (Å²) < 4.78 is 22.0. The molecule has 0 spiro atoms. The zero-order valence-corrected chi connectivity index (χ0v) is 13.3. The van der Waals surface area contributed by atoms with Gasteiger partial charge < -0.3 is 24.1 Å². The Balaban J connectivity index is 1.81. The molecule has 1 aliphatic heterocycles. The van der Waals surface area contributed by atoms with Crippen LogP contribution in [0.1, 0.15) is 19.4 Å². The third-order valence-corrected chi connectivity index (χ3v) is 3.49.